The van der Waals surface area contributed by atoms with Crippen molar-refractivity contribution in [3.63, 3.8) is 0 Å². The average molecular weight is 536 g/mol. The van der Waals surface area contributed by atoms with E-state index < -0.39 is 44.5 Å². The summed E-state index contributed by atoms with van der Waals surface area (Å²) in [6.07, 6.45) is 8.49. The molecule has 1 saturated heterocycles. The number of hydrazine groups is 1. The van der Waals surface area contributed by atoms with Crippen LogP contribution in [0.15, 0.2) is 36.4 Å². The van der Waals surface area contributed by atoms with E-state index in [9.17, 15) is 18.0 Å². The van der Waals surface area contributed by atoms with E-state index in [1.165, 1.54) is 0 Å². The highest BCUT2D eigenvalue weighted by molar-refractivity contribution is 7.92. The van der Waals surface area contributed by atoms with Gasteiger partial charge in [0.25, 0.3) is 0 Å². The molecule has 1 saturated carbocycles. The van der Waals surface area contributed by atoms with Gasteiger partial charge in [-0.25, -0.2) is 24.6 Å². The van der Waals surface area contributed by atoms with Crippen LogP contribution in [0.2, 0.25) is 0 Å². The minimum absolute atomic E-state index is 0.00326. The third kappa shape index (κ3) is 7.86. The maximum Gasteiger partial charge on any atom is 0.249 e. The van der Waals surface area contributed by atoms with Crippen LogP contribution in [0.1, 0.15) is 64.4 Å². The zero-order chi connectivity index (χ0) is 27.1. The molecule has 1 aliphatic carbocycles. The standard InChI is InChI=1S/C27H41N3O6S/c1-19(2)17-22(25(31)29-28)24(26(32)30-36-23-11-7-8-16-35-23)27(37(3,33)34,18-21-12-13-21)15-14-20-9-5-4-6-10-20/h4-6,9-10,14-15,19,21-24H,7-8,11-13,16-18,28H2,1-3H3,(H,29,31)(H,30,32)/b15-14+/t22-,23?,24+,27?/m1/s1. The summed E-state index contributed by atoms with van der Waals surface area (Å²) in [5.74, 6) is 2.15. The lowest BCUT2D eigenvalue weighted by molar-refractivity contribution is -0.203. The Bertz CT molecular complexity index is 1040. The molecule has 4 N–H and O–H groups in total. The molecule has 4 atom stereocenters. The van der Waals surface area contributed by atoms with Crippen LogP contribution in [0.25, 0.3) is 6.08 Å². The van der Waals surface area contributed by atoms with E-state index in [0.717, 1.165) is 37.5 Å². The number of ether oxygens (including phenoxy) is 1. The largest absolute Gasteiger partial charge is 0.350 e. The molecule has 0 radical (unpaired) electrons. The molecule has 2 unspecified atom stereocenters. The molecule has 2 amide bonds. The highest BCUT2D eigenvalue weighted by atomic mass is 32.2. The monoisotopic (exact) mass is 535 g/mol. The molecule has 206 valence electrons. The van der Waals surface area contributed by atoms with E-state index in [4.69, 9.17) is 15.4 Å². The van der Waals surface area contributed by atoms with E-state index in [-0.39, 0.29) is 24.7 Å². The summed E-state index contributed by atoms with van der Waals surface area (Å²) in [5.41, 5.74) is 5.44. The molecular formula is C27H41N3O6S. The van der Waals surface area contributed by atoms with E-state index in [1.807, 2.05) is 44.2 Å². The first-order chi connectivity index (χ1) is 17.6. The Labute approximate surface area is 220 Å². The lowest BCUT2D eigenvalue weighted by atomic mass is 9.73. The van der Waals surface area contributed by atoms with Crippen molar-refractivity contribution in [1.82, 2.24) is 10.9 Å². The van der Waals surface area contributed by atoms with Gasteiger partial charge < -0.3 is 4.74 Å². The molecule has 10 heteroatoms. The van der Waals surface area contributed by atoms with Crippen LogP contribution < -0.4 is 16.7 Å². The number of carbonyl (C=O) groups is 2. The van der Waals surface area contributed by atoms with Gasteiger partial charge in [-0.15, -0.1) is 0 Å². The lowest BCUT2D eigenvalue weighted by Gasteiger charge is -2.40. The molecular weight excluding hydrogens is 494 g/mol. The van der Waals surface area contributed by atoms with Crippen molar-refractivity contribution in [2.24, 2.45) is 29.5 Å². The summed E-state index contributed by atoms with van der Waals surface area (Å²) in [6.45, 7) is 4.35. The van der Waals surface area contributed by atoms with Gasteiger partial charge in [0.2, 0.25) is 11.8 Å². The zero-order valence-corrected chi connectivity index (χ0v) is 22.8. The molecule has 1 aromatic carbocycles. The average Bonchev–Trinajstić information content (AvgIpc) is 3.69. The highest BCUT2D eigenvalue weighted by Gasteiger charge is 2.56. The number of hydroxylamine groups is 1. The fraction of sp³-hybridized carbons (Fsp3) is 0.630. The topological polar surface area (TPSA) is 137 Å². The Hall–Kier alpha value is -2.27. The zero-order valence-electron chi connectivity index (χ0n) is 22.0. The molecule has 9 nitrogen and oxygen atoms in total. The number of nitrogens with two attached hydrogens (primary N) is 1. The van der Waals surface area contributed by atoms with Crippen LogP contribution >= 0.6 is 0 Å². The number of sulfone groups is 1. The molecule has 3 rings (SSSR count). The highest BCUT2D eigenvalue weighted by Crippen LogP contribution is 2.47. The third-order valence-corrected chi connectivity index (χ3v) is 9.13. The molecule has 1 heterocycles. The van der Waals surface area contributed by atoms with Crippen molar-refractivity contribution >= 4 is 27.7 Å². The first-order valence-corrected chi connectivity index (χ1v) is 15.0. The van der Waals surface area contributed by atoms with E-state index in [1.54, 1.807) is 12.2 Å². The van der Waals surface area contributed by atoms with Crippen molar-refractivity contribution in [3.8, 4) is 0 Å². The van der Waals surface area contributed by atoms with E-state index in [0.29, 0.717) is 13.0 Å². The normalized spacial score (nSPS) is 21.8. The molecule has 2 aliphatic rings. The number of amides is 2. The van der Waals surface area contributed by atoms with E-state index in [2.05, 4.69) is 10.9 Å². The van der Waals surface area contributed by atoms with Gasteiger partial charge in [0.1, 0.15) is 4.75 Å². The Morgan fingerprint density at radius 2 is 1.86 bits per heavy atom. The fourth-order valence-corrected chi connectivity index (χ4v) is 6.71. The molecule has 1 aromatic rings. The summed E-state index contributed by atoms with van der Waals surface area (Å²) in [5, 5.41) is 0. The molecule has 37 heavy (non-hydrogen) atoms. The fourth-order valence-electron chi connectivity index (χ4n) is 5.12. The number of hydrogen-bond donors (Lipinski definition) is 3. The first kappa shape index (κ1) is 29.3. The number of rotatable bonds is 13. The first-order valence-electron chi connectivity index (χ1n) is 13.1. The van der Waals surface area contributed by atoms with Gasteiger partial charge in [0, 0.05) is 19.3 Å². The summed E-state index contributed by atoms with van der Waals surface area (Å²) >= 11 is 0. The molecule has 0 spiro atoms. The minimum Gasteiger partial charge on any atom is -0.350 e. The Morgan fingerprint density at radius 3 is 2.41 bits per heavy atom. The maximum absolute atomic E-state index is 13.9. The van der Waals surface area contributed by atoms with Gasteiger partial charge >= 0.3 is 0 Å². The molecule has 0 bridgehead atoms. The number of carbonyl (C=O) groups excluding carboxylic acids is 2. The van der Waals surface area contributed by atoms with Crippen LogP contribution in [0.3, 0.4) is 0 Å². The minimum atomic E-state index is -3.92. The van der Waals surface area contributed by atoms with Crippen molar-refractivity contribution in [1.29, 1.82) is 0 Å². The predicted octanol–water partition coefficient (Wildman–Crippen LogP) is 3.13. The Kier molecular flexibility index (Phi) is 10.3. The van der Waals surface area contributed by atoms with Crippen molar-refractivity contribution in [2.45, 2.75) is 69.8 Å². The number of hydrogen-bond acceptors (Lipinski definition) is 7. The molecule has 2 fully saturated rings. The van der Waals surface area contributed by atoms with Crippen LogP contribution in [0, 0.1) is 23.7 Å². The van der Waals surface area contributed by atoms with Crippen LogP contribution in [0.4, 0.5) is 0 Å². The second-order valence-electron chi connectivity index (χ2n) is 10.7. The summed E-state index contributed by atoms with van der Waals surface area (Å²) in [6, 6.07) is 9.30. The number of nitrogens with one attached hydrogen (secondary N) is 2. The van der Waals surface area contributed by atoms with Gasteiger partial charge in [0.15, 0.2) is 16.1 Å². The SMILES string of the molecule is CC(C)C[C@@H](C(=O)NN)[C@@H](C(=O)NOC1CCCCO1)C(/C=C/c1ccccc1)(CC1CC1)S(C)(=O)=O. The molecule has 0 aromatic heterocycles. The second-order valence-corrected chi connectivity index (χ2v) is 13.0. The Balaban J connectivity index is 2.11. The number of benzene rings is 1. The van der Waals surface area contributed by atoms with Crippen LogP contribution in [-0.4, -0.2) is 44.1 Å². The quantitative estimate of drug-likeness (QED) is 0.200. The lowest BCUT2D eigenvalue weighted by Crippen LogP contribution is -2.57. The van der Waals surface area contributed by atoms with E-state index >= 15 is 0 Å². The summed E-state index contributed by atoms with van der Waals surface area (Å²) in [7, 11) is -3.92. The van der Waals surface area contributed by atoms with Gasteiger partial charge in [-0.3, -0.25) is 15.0 Å². The third-order valence-electron chi connectivity index (χ3n) is 7.20. The van der Waals surface area contributed by atoms with Gasteiger partial charge in [-0.2, -0.15) is 0 Å². The van der Waals surface area contributed by atoms with Gasteiger partial charge in [-0.05, 0) is 43.1 Å². The van der Waals surface area contributed by atoms with Crippen molar-refractivity contribution in [3.05, 3.63) is 42.0 Å². The smallest absolute Gasteiger partial charge is 0.249 e. The Morgan fingerprint density at radius 1 is 1.16 bits per heavy atom. The van der Waals surface area contributed by atoms with Gasteiger partial charge in [0.05, 0.1) is 11.8 Å². The molecule has 1 aliphatic heterocycles. The summed E-state index contributed by atoms with van der Waals surface area (Å²) < 4.78 is 31.4. The van der Waals surface area contributed by atoms with Crippen LogP contribution in [0.5, 0.6) is 0 Å². The predicted molar refractivity (Wildman–Crippen MR) is 142 cm³/mol. The van der Waals surface area contributed by atoms with Gasteiger partial charge in [-0.1, -0.05) is 69.2 Å². The van der Waals surface area contributed by atoms with Crippen molar-refractivity contribution in [2.75, 3.05) is 12.9 Å². The second kappa shape index (κ2) is 13.0. The van der Waals surface area contributed by atoms with Crippen LogP contribution in [-0.2, 0) is 29.0 Å². The van der Waals surface area contributed by atoms with Crippen molar-refractivity contribution < 1.29 is 27.6 Å². The summed E-state index contributed by atoms with van der Waals surface area (Å²) in [4.78, 5) is 32.7. The maximum atomic E-state index is 13.9.